The van der Waals surface area contributed by atoms with Crippen LogP contribution in [0.4, 0.5) is 0 Å². The molecule has 2 rings (SSSR count). The van der Waals surface area contributed by atoms with Gasteiger partial charge in [0.25, 0.3) is 0 Å². The summed E-state index contributed by atoms with van der Waals surface area (Å²) in [6.45, 7) is 0.740. The summed E-state index contributed by atoms with van der Waals surface area (Å²) in [7, 11) is -3.04. The van der Waals surface area contributed by atoms with Crippen LogP contribution in [0.5, 0.6) is 0 Å². The summed E-state index contributed by atoms with van der Waals surface area (Å²) >= 11 is 5.46. The number of piperidine rings is 1. The molecule has 0 aromatic rings. The fourth-order valence-corrected chi connectivity index (χ4v) is 4.53. The molecule has 3 nitrogen and oxygen atoms in total. The molecule has 2 aliphatic rings. The van der Waals surface area contributed by atoms with Crippen molar-refractivity contribution < 1.29 is 8.42 Å². The first-order valence-corrected chi connectivity index (χ1v) is 6.83. The Labute approximate surface area is 84.1 Å². The van der Waals surface area contributed by atoms with Crippen LogP contribution in [0, 0.1) is 5.92 Å². The fraction of sp³-hybridized carbons (Fsp3) is 1.00. The molecule has 5 heteroatoms. The highest BCUT2D eigenvalue weighted by Crippen LogP contribution is 2.38. The normalized spacial score (nSPS) is 34.2. The molecule has 0 N–H and O–H groups in total. The third-order valence-electron chi connectivity index (χ3n) is 3.05. The summed E-state index contributed by atoms with van der Waals surface area (Å²) in [5.41, 5.74) is 0. The van der Waals surface area contributed by atoms with Gasteiger partial charge in [-0.15, -0.1) is 11.6 Å². The first-order valence-electron chi connectivity index (χ1n) is 4.69. The molecule has 2 fully saturated rings. The number of nitrogens with zero attached hydrogens (tertiary/aromatic N) is 1. The van der Waals surface area contributed by atoms with Crippen molar-refractivity contribution in [2.24, 2.45) is 5.92 Å². The van der Waals surface area contributed by atoms with Crippen LogP contribution >= 0.6 is 11.6 Å². The first kappa shape index (κ1) is 9.74. The minimum absolute atomic E-state index is 0.0950. The molecular weight excluding hydrogens is 210 g/mol. The van der Waals surface area contributed by atoms with Gasteiger partial charge in [-0.1, -0.05) is 0 Å². The lowest BCUT2D eigenvalue weighted by atomic mass is 10.1. The molecule has 0 spiro atoms. The molecule has 13 heavy (non-hydrogen) atoms. The van der Waals surface area contributed by atoms with Gasteiger partial charge < -0.3 is 0 Å². The van der Waals surface area contributed by atoms with Gasteiger partial charge in [0.2, 0.25) is 10.0 Å². The number of fused-ring (bicyclic) bond motifs is 2. The number of hydrogen-bond acceptors (Lipinski definition) is 2. The maximum atomic E-state index is 11.7. The van der Waals surface area contributed by atoms with Crippen LogP contribution in [0.1, 0.15) is 19.3 Å². The zero-order valence-electron chi connectivity index (χ0n) is 7.45. The smallest absolute Gasteiger partial charge is 0.212 e. The summed E-state index contributed by atoms with van der Waals surface area (Å²) in [4.78, 5) is 0. The van der Waals surface area contributed by atoms with Crippen molar-refractivity contribution in [2.75, 3.05) is 18.2 Å². The van der Waals surface area contributed by atoms with Gasteiger partial charge in [0.1, 0.15) is 0 Å². The van der Waals surface area contributed by atoms with Crippen LogP contribution in [0.3, 0.4) is 0 Å². The number of hydrogen-bond donors (Lipinski definition) is 0. The molecule has 2 bridgehead atoms. The molecule has 1 saturated heterocycles. The van der Waals surface area contributed by atoms with Crippen LogP contribution in [0.15, 0.2) is 0 Å². The fourth-order valence-electron chi connectivity index (χ4n) is 2.43. The molecule has 2 atom stereocenters. The lowest BCUT2D eigenvalue weighted by molar-refractivity contribution is 0.334. The van der Waals surface area contributed by atoms with Gasteiger partial charge in [-0.25, -0.2) is 8.42 Å². The SMILES string of the molecule is O=S(=O)(CCCl)N1CC2CCC1C2. The van der Waals surface area contributed by atoms with E-state index in [2.05, 4.69) is 0 Å². The van der Waals surface area contributed by atoms with Crippen LogP contribution < -0.4 is 0 Å². The quantitative estimate of drug-likeness (QED) is 0.671. The molecule has 0 aromatic carbocycles. The Balaban J connectivity index is 2.10. The summed E-state index contributed by atoms with van der Waals surface area (Å²) < 4.78 is 25.0. The Hall–Kier alpha value is 0.200. The van der Waals surface area contributed by atoms with Crippen molar-refractivity contribution in [3.8, 4) is 0 Å². The van der Waals surface area contributed by atoms with Gasteiger partial charge in [0.05, 0.1) is 5.75 Å². The van der Waals surface area contributed by atoms with E-state index in [4.69, 9.17) is 11.6 Å². The Morgan fingerprint density at radius 1 is 1.38 bits per heavy atom. The van der Waals surface area contributed by atoms with Crippen molar-refractivity contribution in [1.82, 2.24) is 4.31 Å². The Morgan fingerprint density at radius 3 is 2.62 bits per heavy atom. The predicted octanol–water partition coefficient (Wildman–Crippen LogP) is 1.04. The highest BCUT2D eigenvalue weighted by molar-refractivity contribution is 7.89. The number of halogens is 1. The van der Waals surface area contributed by atoms with Gasteiger partial charge in [0.15, 0.2) is 0 Å². The highest BCUT2D eigenvalue weighted by atomic mass is 35.5. The average molecular weight is 224 g/mol. The highest BCUT2D eigenvalue weighted by Gasteiger charge is 2.43. The molecule has 1 aliphatic heterocycles. The molecule has 0 amide bonds. The zero-order valence-corrected chi connectivity index (χ0v) is 9.02. The Morgan fingerprint density at radius 2 is 2.15 bits per heavy atom. The van der Waals surface area contributed by atoms with Gasteiger partial charge in [0, 0.05) is 18.5 Å². The van der Waals surface area contributed by atoms with Crippen LogP contribution in [0.25, 0.3) is 0 Å². The van der Waals surface area contributed by atoms with E-state index >= 15 is 0 Å². The summed E-state index contributed by atoms with van der Waals surface area (Å²) in [5, 5.41) is 0. The molecule has 2 unspecified atom stereocenters. The second-order valence-electron chi connectivity index (χ2n) is 3.91. The lowest BCUT2D eigenvalue weighted by Gasteiger charge is -2.25. The zero-order chi connectivity index (χ0) is 9.47. The molecule has 0 radical (unpaired) electrons. The van der Waals surface area contributed by atoms with E-state index in [-0.39, 0.29) is 11.6 Å². The minimum atomic E-state index is -3.04. The molecule has 1 saturated carbocycles. The second-order valence-corrected chi connectivity index (χ2v) is 6.33. The number of sulfonamides is 1. The molecule has 76 valence electrons. The molecule has 1 heterocycles. The van der Waals surface area contributed by atoms with Crippen LogP contribution in [-0.2, 0) is 10.0 Å². The van der Waals surface area contributed by atoms with E-state index < -0.39 is 10.0 Å². The van der Waals surface area contributed by atoms with Crippen LogP contribution in [0.2, 0.25) is 0 Å². The summed E-state index contributed by atoms with van der Waals surface area (Å²) in [5.74, 6) is 0.920. The lowest BCUT2D eigenvalue weighted by Crippen LogP contribution is -2.39. The van der Waals surface area contributed by atoms with Gasteiger partial charge in [-0.2, -0.15) is 4.31 Å². The summed E-state index contributed by atoms with van der Waals surface area (Å²) in [6.07, 6.45) is 3.32. The monoisotopic (exact) mass is 223 g/mol. The van der Waals surface area contributed by atoms with Crippen molar-refractivity contribution in [3.05, 3.63) is 0 Å². The van der Waals surface area contributed by atoms with Gasteiger partial charge >= 0.3 is 0 Å². The van der Waals surface area contributed by atoms with Crippen molar-refractivity contribution in [1.29, 1.82) is 0 Å². The minimum Gasteiger partial charge on any atom is -0.212 e. The van der Waals surface area contributed by atoms with Crippen molar-refractivity contribution in [3.63, 3.8) is 0 Å². The third-order valence-corrected chi connectivity index (χ3v) is 5.35. The largest absolute Gasteiger partial charge is 0.215 e. The van der Waals surface area contributed by atoms with Gasteiger partial charge in [-0.3, -0.25) is 0 Å². The topological polar surface area (TPSA) is 37.4 Å². The third kappa shape index (κ3) is 1.72. The second kappa shape index (κ2) is 3.41. The number of alkyl halides is 1. The summed E-state index contributed by atoms with van der Waals surface area (Å²) in [6, 6.07) is 0.290. The Kier molecular flexibility index (Phi) is 2.55. The molecule has 0 aromatic heterocycles. The van der Waals surface area contributed by atoms with Crippen molar-refractivity contribution >= 4 is 21.6 Å². The van der Waals surface area contributed by atoms with Crippen molar-refractivity contribution in [2.45, 2.75) is 25.3 Å². The average Bonchev–Trinajstić information content (AvgIpc) is 2.63. The van der Waals surface area contributed by atoms with E-state index in [1.165, 1.54) is 6.42 Å². The van der Waals surface area contributed by atoms with E-state index in [1.54, 1.807) is 4.31 Å². The first-order chi connectivity index (χ1) is 6.13. The maximum absolute atomic E-state index is 11.7. The maximum Gasteiger partial charge on any atom is 0.215 e. The van der Waals surface area contributed by atoms with E-state index in [9.17, 15) is 8.42 Å². The Bertz CT molecular complexity index is 291. The van der Waals surface area contributed by atoms with Gasteiger partial charge in [-0.05, 0) is 25.2 Å². The van der Waals surface area contributed by atoms with E-state index in [1.807, 2.05) is 0 Å². The molecule has 1 aliphatic carbocycles. The van der Waals surface area contributed by atoms with Crippen LogP contribution in [-0.4, -0.2) is 36.9 Å². The molecular formula is C8H14ClNO2S. The predicted molar refractivity (Wildman–Crippen MR) is 52.3 cm³/mol. The van der Waals surface area contributed by atoms with E-state index in [0.717, 1.165) is 19.4 Å². The standard InChI is InChI=1S/C8H14ClNO2S/c9-3-4-13(11,12)10-6-7-1-2-8(10)5-7/h7-8H,1-6H2. The number of rotatable bonds is 3. The van der Waals surface area contributed by atoms with E-state index in [0.29, 0.717) is 12.0 Å².